The Kier molecular flexibility index (Phi) is 18.7. The lowest BCUT2D eigenvalue weighted by Gasteiger charge is -2.61. The Bertz CT molecular complexity index is 3270. The minimum Gasteiger partial charge on any atom is -0.486 e. The highest BCUT2D eigenvalue weighted by Gasteiger charge is 2.60. The van der Waals surface area contributed by atoms with Crippen molar-refractivity contribution >= 4 is 52.7 Å². The quantitative estimate of drug-likeness (QED) is 0.0514. The highest BCUT2D eigenvalue weighted by Crippen LogP contribution is 2.69. The fourth-order valence-corrected chi connectivity index (χ4v) is 16.7. The monoisotopic (exact) mass is 1190 g/mol. The van der Waals surface area contributed by atoms with Gasteiger partial charge in [0.15, 0.2) is 11.5 Å². The largest absolute Gasteiger partial charge is 0.486 e. The van der Waals surface area contributed by atoms with Crippen LogP contribution in [0.1, 0.15) is 188 Å². The summed E-state index contributed by atoms with van der Waals surface area (Å²) < 4.78 is 12.4. The van der Waals surface area contributed by atoms with Crippen LogP contribution >= 0.6 is 23.2 Å². The molecule has 4 aliphatic carbocycles. The van der Waals surface area contributed by atoms with Crippen LogP contribution in [-0.2, 0) is 13.2 Å². The fourth-order valence-electron chi connectivity index (χ4n) is 16.1. The Morgan fingerprint density at radius 3 is 1.49 bits per heavy atom. The van der Waals surface area contributed by atoms with E-state index in [2.05, 4.69) is 40.7 Å². The Labute approximate surface area is 510 Å². The average Bonchev–Trinajstić information content (AvgIpc) is 1.77. The maximum absolute atomic E-state index is 13.2. The lowest BCUT2D eigenvalue weighted by Crippen LogP contribution is -2.53. The molecule has 0 bridgehead atoms. The molecule has 4 N–H and O–H groups in total. The third-order valence-electron chi connectivity index (χ3n) is 20.7. The number of halogens is 2. The molecule has 6 aromatic carbocycles. The van der Waals surface area contributed by atoms with E-state index in [4.69, 9.17) is 32.7 Å². The van der Waals surface area contributed by atoms with Gasteiger partial charge in [0.05, 0.1) is 21.2 Å². The highest BCUT2D eigenvalue weighted by atomic mass is 35.5. The molecule has 0 radical (unpaired) electrons. The third kappa shape index (κ3) is 13.3. The molecule has 12 heteroatoms. The molecule has 0 aromatic heterocycles. The molecule has 0 heterocycles. The zero-order chi connectivity index (χ0) is 60.3. The number of aromatic carboxylic acids is 4. The van der Waals surface area contributed by atoms with Crippen LogP contribution in [0.5, 0.6) is 11.5 Å². The summed E-state index contributed by atoms with van der Waals surface area (Å²) in [6.07, 6.45) is 19.4. The predicted molar refractivity (Wildman–Crippen MR) is 336 cm³/mol. The lowest BCUT2D eigenvalue weighted by molar-refractivity contribution is -0.121. The van der Waals surface area contributed by atoms with Gasteiger partial charge >= 0.3 is 23.9 Å². The number of benzene rings is 6. The first-order valence-corrected chi connectivity index (χ1v) is 31.4. The van der Waals surface area contributed by atoms with Crippen LogP contribution in [0, 0.1) is 58.2 Å². The summed E-state index contributed by atoms with van der Waals surface area (Å²) in [5.74, 6) is 1.49. The Morgan fingerprint density at radius 2 is 1.02 bits per heavy atom. The molecule has 0 aliphatic heterocycles. The van der Waals surface area contributed by atoms with Crippen LogP contribution in [0.15, 0.2) is 127 Å². The number of hydrogen-bond donors (Lipinski definition) is 4. The minimum absolute atomic E-state index is 0.00701. The summed E-state index contributed by atoms with van der Waals surface area (Å²) in [5.41, 5.74) is 7.28. The Morgan fingerprint density at radius 1 is 0.553 bits per heavy atom. The summed E-state index contributed by atoms with van der Waals surface area (Å²) >= 11 is 14.1. The molecular formula is C73H80Cl2O10. The second-order valence-corrected chi connectivity index (χ2v) is 26.9. The first kappa shape index (κ1) is 61.2. The van der Waals surface area contributed by atoms with Crippen LogP contribution in [0.4, 0.5) is 0 Å². The van der Waals surface area contributed by atoms with E-state index in [0.717, 1.165) is 81.7 Å². The van der Waals surface area contributed by atoms with E-state index in [1.54, 1.807) is 60.7 Å². The standard InChI is InChI=1S/C73H80Cl2O10/c1-43(2)8-6-9-44(3)61-30-31-62-58-29-28-56-36-45(32-34-72(56,4)63(58)33-35-73(61,62)5)10-7-11-57(54-37-59(70(80)81)66(64(74)39-54)84-41-46-12-16-48(17-13-46)50-20-24-52(25-21-50)68(76)77)55-38-60(71(82)83)67(65(75)40-55)85-42-47-14-18-49(19-15-47)51-22-26-53(27-23-51)69(78)79/h11-27,37-40,43-45,56,58,61-63H,6-10,28-36,41-42H2,1-5H3,(H,76,77)(H,78,79)(H,80,81)(H,82,83)/t44-,45+,56?,58+,61-,62+,63+,72+,73-/m1/s1. The number of rotatable bonds is 22. The van der Waals surface area contributed by atoms with Gasteiger partial charge in [-0.25, -0.2) is 19.2 Å². The number of carboxylic acids is 4. The van der Waals surface area contributed by atoms with Crippen molar-refractivity contribution in [1.29, 1.82) is 0 Å². The molecule has 4 aliphatic rings. The van der Waals surface area contributed by atoms with Crippen LogP contribution in [-0.4, -0.2) is 44.3 Å². The zero-order valence-corrected chi connectivity index (χ0v) is 51.1. The zero-order valence-electron chi connectivity index (χ0n) is 49.6. The van der Waals surface area contributed by atoms with Crippen LogP contribution in [0.3, 0.4) is 0 Å². The fraction of sp³-hybridized carbons (Fsp3) is 0.425. The topological polar surface area (TPSA) is 168 Å². The second-order valence-electron chi connectivity index (χ2n) is 26.0. The average molecular weight is 1190 g/mol. The van der Waals surface area contributed by atoms with Crippen molar-refractivity contribution in [3.8, 4) is 33.8 Å². The van der Waals surface area contributed by atoms with Crippen LogP contribution < -0.4 is 9.47 Å². The van der Waals surface area contributed by atoms with Crippen molar-refractivity contribution in [2.24, 2.45) is 58.2 Å². The summed E-state index contributed by atoms with van der Waals surface area (Å²) in [4.78, 5) is 49.2. The number of carbonyl (C=O) groups is 4. The van der Waals surface area contributed by atoms with Crippen molar-refractivity contribution in [3.63, 3.8) is 0 Å². The molecule has 6 aromatic rings. The normalized spacial score (nSPS) is 23.7. The summed E-state index contributed by atoms with van der Waals surface area (Å²) in [6.45, 7) is 12.6. The predicted octanol–water partition coefficient (Wildman–Crippen LogP) is 19.2. The number of ether oxygens (including phenoxy) is 2. The van der Waals surface area contributed by atoms with Gasteiger partial charge in [-0.1, -0.05) is 156 Å². The van der Waals surface area contributed by atoms with Crippen molar-refractivity contribution in [1.82, 2.24) is 0 Å². The lowest BCUT2D eigenvalue weighted by atomic mass is 9.44. The van der Waals surface area contributed by atoms with Gasteiger partial charge in [0.25, 0.3) is 0 Å². The van der Waals surface area contributed by atoms with E-state index in [1.165, 1.54) is 82.8 Å². The molecule has 0 spiro atoms. The first-order chi connectivity index (χ1) is 40.7. The maximum atomic E-state index is 13.2. The van der Waals surface area contributed by atoms with Crippen LogP contribution in [0.25, 0.3) is 27.8 Å². The molecule has 10 nitrogen and oxygen atoms in total. The van der Waals surface area contributed by atoms with Gasteiger partial charge in [0.1, 0.15) is 24.3 Å². The molecule has 446 valence electrons. The molecule has 9 atom stereocenters. The molecule has 85 heavy (non-hydrogen) atoms. The Balaban J connectivity index is 0.885. The number of fused-ring (bicyclic) bond motifs is 5. The Hall–Kier alpha value is -6.88. The maximum Gasteiger partial charge on any atom is 0.339 e. The SMILES string of the molecule is CC(C)CCC[C@@H](C)[C@H]1CC[C@H]2[C@@H]3CCC4C[C@@H](CCC=C(c5cc(Cl)c(OCc6ccc(-c7ccc(C(=O)O)cc7)cc6)c(C(=O)O)c5)c5cc(Cl)c(OCc6ccc(-c7ccc(C(=O)O)cc7)cc6)c(C(=O)O)c5)CC[C@]4(C)[C@H]3CC[C@]12C. The van der Waals surface area contributed by atoms with Gasteiger partial charge in [0.2, 0.25) is 0 Å². The summed E-state index contributed by atoms with van der Waals surface area (Å²) in [6, 6.07) is 34.5. The molecule has 0 amide bonds. The minimum atomic E-state index is -1.25. The van der Waals surface area contributed by atoms with E-state index in [9.17, 15) is 39.6 Å². The van der Waals surface area contributed by atoms with Crippen molar-refractivity contribution in [2.75, 3.05) is 0 Å². The van der Waals surface area contributed by atoms with E-state index >= 15 is 0 Å². The smallest absolute Gasteiger partial charge is 0.339 e. The van der Waals surface area contributed by atoms with E-state index < -0.39 is 23.9 Å². The van der Waals surface area contributed by atoms with Gasteiger partial charge in [-0.2, -0.15) is 0 Å². The van der Waals surface area contributed by atoms with Crippen molar-refractivity contribution in [3.05, 3.63) is 182 Å². The van der Waals surface area contributed by atoms with Crippen molar-refractivity contribution in [2.45, 2.75) is 138 Å². The summed E-state index contributed by atoms with van der Waals surface area (Å²) in [5, 5.41) is 40.3. The molecule has 0 saturated heterocycles. The van der Waals surface area contributed by atoms with Crippen LogP contribution in [0.2, 0.25) is 10.0 Å². The van der Waals surface area contributed by atoms with E-state index in [0.29, 0.717) is 45.8 Å². The van der Waals surface area contributed by atoms with Gasteiger partial charge in [-0.3, -0.25) is 0 Å². The summed E-state index contributed by atoms with van der Waals surface area (Å²) in [7, 11) is 0. The molecule has 1 unspecified atom stereocenters. The van der Waals surface area contributed by atoms with E-state index in [1.807, 2.05) is 48.5 Å². The van der Waals surface area contributed by atoms with Gasteiger partial charge in [-0.05, 0) is 227 Å². The number of allylic oxidation sites excluding steroid dienone is 1. The molecule has 4 saturated carbocycles. The van der Waals surface area contributed by atoms with Gasteiger partial charge in [-0.15, -0.1) is 0 Å². The molecule has 10 rings (SSSR count). The second kappa shape index (κ2) is 26.0. The molecule has 4 fully saturated rings. The van der Waals surface area contributed by atoms with E-state index in [-0.39, 0.29) is 57.0 Å². The number of carboxylic acid groups (broad SMARTS) is 4. The first-order valence-electron chi connectivity index (χ1n) is 30.7. The third-order valence-corrected chi connectivity index (χ3v) is 21.2. The highest BCUT2D eigenvalue weighted by molar-refractivity contribution is 6.33. The molecular weight excluding hydrogens is 1110 g/mol. The van der Waals surface area contributed by atoms with Gasteiger partial charge in [0, 0.05) is 0 Å². The van der Waals surface area contributed by atoms with Crippen molar-refractivity contribution < 1.29 is 49.1 Å². The number of hydrogen-bond acceptors (Lipinski definition) is 6. The van der Waals surface area contributed by atoms with Gasteiger partial charge < -0.3 is 29.9 Å².